The molecule has 5 nitrogen and oxygen atoms in total. The lowest BCUT2D eigenvalue weighted by molar-refractivity contribution is 0.0899. The second-order valence-corrected chi connectivity index (χ2v) is 5.27. The minimum Gasteiger partial charge on any atom is -0.399 e. The Morgan fingerprint density at radius 1 is 1.42 bits per heavy atom. The Balaban J connectivity index is 2.29. The van der Waals surface area contributed by atoms with Crippen LogP contribution in [0.1, 0.15) is 10.4 Å². The predicted octanol–water partition coefficient (Wildman–Crippen LogP) is 1.34. The standard InChI is InChI=1S/C13H20BrN3O2/c1-17(2)6-8-19-7-5-16-13(18)11-9-10(15)3-4-12(11)14/h3-4,9H,5-8,15H2,1-2H3,(H,16,18). The van der Waals surface area contributed by atoms with Gasteiger partial charge in [0, 0.05) is 23.2 Å². The monoisotopic (exact) mass is 329 g/mol. The van der Waals surface area contributed by atoms with Crippen LogP contribution in [0.2, 0.25) is 0 Å². The SMILES string of the molecule is CN(C)CCOCCNC(=O)c1cc(N)ccc1Br. The summed E-state index contributed by atoms with van der Waals surface area (Å²) < 4.78 is 6.12. The van der Waals surface area contributed by atoms with Crippen LogP contribution in [-0.2, 0) is 4.74 Å². The van der Waals surface area contributed by atoms with E-state index in [4.69, 9.17) is 10.5 Å². The van der Waals surface area contributed by atoms with E-state index in [2.05, 4.69) is 21.2 Å². The molecule has 0 heterocycles. The Kier molecular flexibility index (Phi) is 6.83. The molecule has 0 aliphatic carbocycles. The van der Waals surface area contributed by atoms with Gasteiger partial charge in [0.2, 0.25) is 0 Å². The predicted molar refractivity (Wildman–Crippen MR) is 80.3 cm³/mol. The van der Waals surface area contributed by atoms with Crippen molar-refractivity contribution in [3.05, 3.63) is 28.2 Å². The first-order valence-electron chi connectivity index (χ1n) is 6.06. The van der Waals surface area contributed by atoms with Gasteiger partial charge in [-0.05, 0) is 48.2 Å². The van der Waals surface area contributed by atoms with E-state index in [1.807, 2.05) is 19.0 Å². The number of amides is 1. The maximum atomic E-state index is 11.9. The first kappa shape index (κ1) is 15.9. The molecule has 0 atom stereocenters. The van der Waals surface area contributed by atoms with Crippen LogP contribution in [0.4, 0.5) is 5.69 Å². The van der Waals surface area contributed by atoms with Crippen LogP contribution < -0.4 is 11.1 Å². The zero-order chi connectivity index (χ0) is 14.3. The third kappa shape index (κ3) is 6.04. The molecule has 19 heavy (non-hydrogen) atoms. The van der Waals surface area contributed by atoms with Gasteiger partial charge in [0.1, 0.15) is 0 Å². The smallest absolute Gasteiger partial charge is 0.252 e. The second kappa shape index (κ2) is 8.14. The number of carbonyl (C=O) groups excluding carboxylic acids is 1. The molecule has 0 spiro atoms. The van der Waals surface area contributed by atoms with Gasteiger partial charge < -0.3 is 20.7 Å². The lowest BCUT2D eigenvalue weighted by Crippen LogP contribution is -2.28. The molecular formula is C13H20BrN3O2. The van der Waals surface area contributed by atoms with Crippen molar-refractivity contribution in [3.8, 4) is 0 Å². The summed E-state index contributed by atoms with van der Waals surface area (Å²) in [6, 6.07) is 5.15. The second-order valence-electron chi connectivity index (χ2n) is 4.41. The summed E-state index contributed by atoms with van der Waals surface area (Å²) in [4.78, 5) is 13.9. The van der Waals surface area contributed by atoms with Crippen LogP contribution in [0.3, 0.4) is 0 Å². The van der Waals surface area contributed by atoms with Gasteiger partial charge in [-0.3, -0.25) is 4.79 Å². The number of nitrogens with one attached hydrogen (secondary N) is 1. The Morgan fingerprint density at radius 2 is 2.16 bits per heavy atom. The van der Waals surface area contributed by atoms with Crippen molar-refractivity contribution in [2.45, 2.75) is 0 Å². The van der Waals surface area contributed by atoms with Crippen LogP contribution in [0.15, 0.2) is 22.7 Å². The number of hydrogen-bond acceptors (Lipinski definition) is 4. The number of likely N-dealkylation sites (N-methyl/N-ethyl adjacent to an activating group) is 1. The third-order valence-corrected chi connectivity index (χ3v) is 3.14. The average Bonchev–Trinajstić information content (AvgIpc) is 2.36. The highest BCUT2D eigenvalue weighted by Gasteiger charge is 2.09. The van der Waals surface area contributed by atoms with E-state index in [1.54, 1.807) is 18.2 Å². The zero-order valence-electron chi connectivity index (χ0n) is 11.3. The maximum Gasteiger partial charge on any atom is 0.252 e. The van der Waals surface area contributed by atoms with E-state index in [0.29, 0.717) is 31.0 Å². The van der Waals surface area contributed by atoms with Crippen molar-refractivity contribution in [2.75, 3.05) is 46.1 Å². The molecule has 0 unspecified atom stereocenters. The van der Waals surface area contributed by atoms with Crippen molar-refractivity contribution in [1.29, 1.82) is 0 Å². The molecule has 0 radical (unpaired) electrons. The van der Waals surface area contributed by atoms with Crippen molar-refractivity contribution < 1.29 is 9.53 Å². The highest BCUT2D eigenvalue weighted by atomic mass is 79.9. The number of rotatable bonds is 7. The van der Waals surface area contributed by atoms with Gasteiger partial charge in [-0.25, -0.2) is 0 Å². The Labute approximate surface area is 122 Å². The number of ether oxygens (including phenoxy) is 1. The summed E-state index contributed by atoms with van der Waals surface area (Å²) in [5.41, 5.74) is 6.76. The Bertz CT molecular complexity index is 424. The summed E-state index contributed by atoms with van der Waals surface area (Å²) in [6.45, 7) is 2.51. The largest absolute Gasteiger partial charge is 0.399 e. The first-order valence-corrected chi connectivity index (χ1v) is 6.85. The summed E-state index contributed by atoms with van der Waals surface area (Å²) >= 11 is 3.33. The van der Waals surface area contributed by atoms with E-state index in [0.717, 1.165) is 11.0 Å². The van der Waals surface area contributed by atoms with E-state index >= 15 is 0 Å². The number of carbonyl (C=O) groups is 1. The van der Waals surface area contributed by atoms with Gasteiger partial charge in [0.15, 0.2) is 0 Å². The van der Waals surface area contributed by atoms with Crippen molar-refractivity contribution in [3.63, 3.8) is 0 Å². The molecule has 0 aliphatic heterocycles. The van der Waals surface area contributed by atoms with Crippen molar-refractivity contribution in [1.82, 2.24) is 10.2 Å². The highest BCUT2D eigenvalue weighted by Crippen LogP contribution is 2.19. The van der Waals surface area contributed by atoms with Crippen LogP contribution in [0, 0.1) is 0 Å². The molecule has 0 saturated heterocycles. The fourth-order valence-corrected chi connectivity index (χ4v) is 1.82. The summed E-state index contributed by atoms with van der Waals surface area (Å²) in [5.74, 6) is -0.157. The Hall–Kier alpha value is -1.11. The fraction of sp³-hybridized carbons (Fsp3) is 0.462. The van der Waals surface area contributed by atoms with E-state index in [-0.39, 0.29) is 5.91 Å². The van der Waals surface area contributed by atoms with Gasteiger partial charge >= 0.3 is 0 Å². The third-order valence-electron chi connectivity index (χ3n) is 2.45. The van der Waals surface area contributed by atoms with Gasteiger partial charge in [-0.2, -0.15) is 0 Å². The van der Waals surface area contributed by atoms with Gasteiger partial charge in [0.25, 0.3) is 5.91 Å². The summed E-state index contributed by atoms with van der Waals surface area (Å²) in [7, 11) is 3.98. The van der Waals surface area contributed by atoms with Crippen LogP contribution in [0.5, 0.6) is 0 Å². The summed E-state index contributed by atoms with van der Waals surface area (Å²) in [6.07, 6.45) is 0. The molecule has 0 saturated carbocycles. The van der Waals surface area contributed by atoms with Crippen LogP contribution >= 0.6 is 15.9 Å². The van der Waals surface area contributed by atoms with E-state index in [9.17, 15) is 4.79 Å². The normalized spacial score (nSPS) is 10.7. The molecule has 1 amide bonds. The van der Waals surface area contributed by atoms with Gasteiger partial charge in [-0.1, -0.05) is 0 Å². The van der Waals surface area contributed by atoms with E-state index in [1.165, 1.54) is 0 Å². The number of hydrogen-bond donors (Lipinski definition) is 2. The highest BCUT2D eigenvalue weighted by molar-refractivity contribution is 9.10. The lowest BCUT2D eigenvalue weighted by atomic mass is 10.2. The van der Waals surface area contributed by atoms with Crippen LogP contribution in [0.25, 0.3) is 0 Å². The Morgan fingerprint density at radius 3 is 2.84 bits per heavy atom. The molecule has 3 N–H and O–H groups in total. The van der Waals surface area contributed by atoms with Crippen molar-refractivity contribution in [2.24, 2.45) is 0 Å². The first-order chi connectivity index (χ1) is 9.00. The molecule has 0 fully saturated rings. The lowest BCUT2D eigenvalue weighted by Gasteiger charge is -2.11. The molecule has 0 aliphatic rings. The van der Waals surface area contributed by atoms with E-state index < -0.39 is 0 Å². The number of nitrogen functional groups attached to an aromatic ring is 1. The maximum absolute atomic E-state index is 11.9. The molecule has 1 rings (SSSR count). The molecule has 1 aromatic carbocycles. The minimum atomic E-state index is -0.157. The van der Waals surface area contributed by atoms with Gasteiger partial charge in [-0.15, -0.1) is 0 Å². The average molecular weight is 330 g/mol. The quantitative estimate of drug-likeness (QED) is 0.585. The fourth-order valence-electron chi connectivity index (χ4n) is 1.40. The number of benzene rings is 1. The molecule has 0 aromatic heterocycles. The number of nitrogens with zero attached hydrogens (tertiary/aromatic N) is 1. The van der Waals surface area contributed by atoms with Crippen LogP contribution in [-0.4, -0.2) is 51.2 Å². The number of halogens is 1. The number of nitrogens with two attached hydrogens (primary N) is 1. The topological polar surface area (TPSA) is 67.6 Å². The van der Waals surface area contributed by atoms with Crippen molar-refractivity contribution >= 4 is 27.5 Å². The molecule has 6 heteroatoms. The number of anilines is 1. The molecular weight excluding hydrogens is 310 g/mol. The zero-order valence-corrected chi connectivity index (χ0v) is 12.9. The summed E-state index contributed by atoms with van der Waals surface area (Å²) in [5, 5.41) is 2.79. The molecule has 106 valence electrons. The molecule has 1 aromatic rings. The molecule has 0 bridgehead atoms. The minimum absolute atomic E-state index is 0.157. The van der Waals surface area contributed by atoms with Gasteiger partial charge in [0.05, 0.1) is 18.8 Å².